The lowest BCUT2D eigenvalue weighted by atomic mass is 10.0. The Morgan fingerprint density at radius 2 is 1.95 bits per heavy atom. The molecule has 1 aromatic carbocycles. The first-order valence-corrected chi connectivity index (χ1v) is 6.69. The van der Waals surface area contributed by atoms with Crippen molar-refractivity contribution >= 4 is 17.5 Å². The monoisotopic (exact) mass is 337 g/mol. The Morgan fingerprint density at radius 3 is 2.45 bits per heavy atom. The molecule has 0 aliphatic heterocycles. The molecule has 0 aliphatic rings. The van der Waals surface area contributed by atoms with Gasteiger partial charge in [0.2, 0.25) is 0 Å². The van der Waals surface area contributed by atoms with Gasteiger partial charge < -0.3 is 15.2 Å². The van der Waals surface area contributed by atoms with E-state index in [2.05, 4.69) is 4.74 Å². The Bertz CT molecular complexity index is 531. The number of ether oxygens (including phenoxy) is 1. The predicted molar refractivity (Wildman–Crippen MR) is 75.6 cm³/mol. The van der Waals surface area contributed by atoms with Crippen LogP contribution in [-0.4, -0.2) is 35.9 Å². The summed E-state index contributed by atoms with van der Waals surface area (Å²) < 4.78 is 43.4. The first-order valence-electron chi connectivity index (χ1n) is 6.32. The van der Waals surface area contributed by atoms with E-state index in [1.165, 1.54) is 24.3 Å². The van der Waals surface area contributed by atoms with Crippen LogP contribution in [0.4, 0.5) is 13.2 Å². The van der Waals surface area contributed by atoms with Gasteiger partial charge in [-0.05, 0) is 37.3 Å². The van der Waals surface area contributed by atoms with E-state index in [0.29, 0.717) is 11.1 Å². The van der Waals surface area contributed by atoms with Crippen molar-refractivity contribution in [2.45, 2.75) is 18.7 Å². The van der Waals surface area contributed by atoms with Crippen molar-refractivity contribution in [2.24, 2.45) is 0 Å². The molecule has 0 saturated carbocycles. The molecule has 0 bridgehead atoms. The number of hydrogen-bond acceptors (Lipinski definition) is 3. The average Bonchev–Trinajstić information content (AvgIpc) is 2.44. The summed E-state index contributed by atoms with van der Waals surface area (Å²) in [6.07, 6.45) is -3.76. The first kappa shape index (κ1) is 18.3. The van der Waals surface area contributed by atoms with Crippen LogP contribution in [-0.2, 0) is 4.74 Å². The van der Waals surface area contributed by atoms with E-state index in [9.17, 15) is 23.1 Å². The second kappa shape index (κ2) is 7.51. The van der Waals surface area contributed by atoms with Crippen molar-refractivity contribution in [1.82, 2.24) is 5.32 Å². The molecule has 0 aromatic heterocycles. The minimum atomic E-state index is -4.96. The van der Waals surface area contributed by atoms with Gasteiger partial charge in [0.15, 0.2) is 5.60 Å². The summed E-state index contributed by atoms with van der Waals surface area (Å²) in [5.41, 5.74) is -3.09. The minimum absolute atomic E-state index is 0.128. The molecule has 0 spiro atoms. The Hall–Kier alpha value is -1.73. The zero-order valence-electron chi connectivity index (χ0n) is 11.7. The van der Waals surface area contributed by atoms with Crippen molar-refractivity contribution in [3.8, 4) is 0 Å². The standard InChI is InChI=1S/C14H15ClF3NO3/c1-2-22-8-7-13(21,14(16,17)18)9-19-12(20)10-3-5-11(15)6-4-10/h3-8,21H,2,9H2,1H3,(H,19,20). The van der Waals surface area contributed by atoms with Crippen LogP contribution in [0.2, 0.25) is 5.02 Å². The fraction of sp³-hybridized carbons (Fsp3) is 0.357. The SMILES string of the molecule is CCOC=CC(O)(CNC(=O)c1ccc(Cl)cc1)C(F)(F)F. The van der Waals surface area contributed by atoms with E-state index in [1.807, 2.05) is 5.32 Å². The molecule has 1 unspecified atom stereocenters. The maximum Gasteiger partial charge on any atom is 0.422 e. The fourth-order valence-corrected chi connectivity index (χ4v) is 1.55. The highest BCUT2D eigenvalue weighted by Crippen LogP contribution is 2.31. The summed E-state index contributed by atoms with van der Waals surface area (Å²) in [4.78, 5) is 11.8. The highest BCUT2D eigenvalue weighted by molar-refractivity contribution is 6.30. The van der Waals surface area contributed by atoms with Crippen LogP contribution in [0, 0.1) is 0 Å². The molecule has 0 radical (unpaired) electrons. The van der Waals surface area contributed by atoms with Gasteiger partial charge in [-0.2, -0.15) is 13.2 Å². The van der Waals surface area contributed by atoms with Gasteiger partial charge >= 0.3 is 6.18 Å². The van der Waals surface area contributed by atoms with Crippen LogP contribution in [0.5, 0.6) is 0 Å². The zero-order chi connectivity index (χ0) is 16.8. The number of hydrogen-bond donors (Lipinski definition) is 2. The Balaban J connectivity index is 2.79. The first-order chi connectivity index (χ1) is 10.2. The van der Waals surface area contributed by atoms with Crippen molar-refractivity contribution in [1.29, 1.82) is 0 Å². The molecule has 0 saturated heterocycles. The van der Waals surface area contributed by atoms with E-state index in [-0.39, 0.29) is 12.2 Å². The van der Waals surface area contributed by atoms with E-state index in [1.54, 1.807) is 6.92 Å². The molecule has 2 N–H and O–H groups in total. The van der Waals surface area contributed by atoms with Crippen molar-refractivity contribution in [3.05, 3.63) is 47.2 Å². The van der Waals surface area contributed by atoms with E-state index in [4.69, 9.17) is 11.6 Å². The molecule has 8 heteroatoms. The van der Waals surface area contributed by atoms with Crippen LogP contribution in [0.25, 0.3) is 0 Å². The molecule has 0 aliphatic carbocycles. The van der Waals surface area contributed by atoms with Crippen molar-refractivity contribution in [2.75, 3.05) is 13.2 Å². The van der Waals surface area contributed by atoms with Gasteiger partial charge in [0.25, 0.3) is 5.91 Å². The summed E-state index contributed by atoms with van der Waals surface area (Å²) in [6.45, 7) is 0.697. The lowest BCUT2D eigenvalue weighted by molar-refractivity contribution is -0.237. The predicted octanol–water partition coefficient (Wildman–Crippen LogP) is 2.91. The number of amides is 1. The number of halogens is 4. The summed E-state index contributed by atoms with van der Waals surface area (Å²) >= 11 is 5.65. The van der Waals surface area contributed by atoms with Gasteiger partial charge in [-0.3, -0.25) is 4.79 Å². The smallest absolute Gasteiger partial charge is 0.422 e. The maximum absolute atomic E-state index is 12.9. The van der Waals surface area contributed by atoms with E-state index < -0.39 is 24.2 Å². The molecular weight excluding hydrogens is 323 g/mol. The summed E-state index contributed by atoms with van der Waals surface area (Å²) in [5.74, 6) is -0.760. The van der Waals surface area contributed by atoms with Crippen LogP contribution >= 0.6 is 11.6 Å². The number of carbonyl (C=O) groups is 1. The molecule has 1 atom stereocenters. The molecule has 22 heavy (non-hydrogen) atoms. The quantitative estimate of drug-likeness (QED) is 0.785. The largest absolute Gasteiger partial charge is 0.502 e. The van der Waals surface area contributed by atoms with Crippen LogP contribution in [0.3, 0.4) is 0 Å². The molecular formula is C14H15ClF3NO3. The highest BCUT2D eigenvalue weighted by Gasteiger charge is 2.52. The topological polar surface area (TPSA) is 58.6 Å². The van der Waals surface area contributed by atoms with Crippen molar-refractivity contribution < 1.29 is 27.8 Å². The average molecular weight is 338 g/mol. The molecule has 1 amide bonds. The molecule has 0 fully saturated rings. The Morgan fingerprint density at radius 1 is 1.36 bits per heavy atom. The molecule has 122 valence electrons. The van der Waals surface area contributed by atoms with Crippen LogP contribution < -0.4 is 5.32 Å². The van der Waals surface area contributed by atoms with E-state index in [0.717, 1.165) is 6.26 Å². The van der Waals surface area contributed by atoms with Crippen LogP contribution in [0.15, 0.2) is 36.6 Å². The minimum Gasteiger partial charge on any atom is -0.502 e. The molecule has 4 nitrogen and oxygen atoms in total. The van der Waals surface area contributed by atoms with Gasteiger partial charge in [-0.15, -0.1) is 0 Å². The van der Waals surface area contributed by atoms with Gasteiger partial charge in [-0.25, -0.2) is 0 Å². The van der Waals surface area contributed by atoms with Gasteiger partial charge in [-0.1, -0.05) is 11.6 Å². The third-order valence-corrected chi connectivity index (χ3v) is 2.97. The zero-order valence-corrected chi connectivity index (χ0v) is 12.4. The second-order valence-electron chi connectivity index (χ2n) is 4.37. The Labute approximate surface area is 130 Å². The third kappa shape index (κ3) is 4.92. The number of aliphatic hydroxyl groups is 1. The Kier molecular flexibility index (Phi) is 6.25. The summed E-state index contributed by atoms with van der Waals surface area (Å²) in [6, 6.07) is 5.59. The van der Waals surface area contributed by atoms with Gasteiger partial charge in [0, 0.05) is 10.6 Å². The van der Waals surface area contributed by atoms with Crippen LogP contribution in [0.1, 0.15) is 17.3 Å². The lowest BCUT2D eigenvalue weighted by Crippen LogP contribution is -2.52. The van der Waals surface area contributed by atoms with Gasteiger partial charge in [0.1, 0.15) is 0 Å². The third-order valence-electron chi connectivity index (χ3n) is 2.72. The lowest BCUT2D eigenvalue weighted by Gasteiger charge is -2.27. The molecule has 1 aromatic rings. The maximum atomic E-state index is 12.9. The number of alkyl halides is 3. The number of carbonyl (C=O) groups excluding carboxylic acids is 1. The van der Waals surface area contributed by atoms with Gasteiger partial charge in [0.05, 0.1) is 19.4 Å². The second-order valence-corrected chi connectivity index (χ2v) is 4.81. The summed E-state index contributed by atoms with van der Waals surface area (Å²) in [7, 11) is 0. The number of rotatable bonds is 6. The molecule has 1 rings (SSSR count). The summed E-state index contributed by atoms with van der Waals surface area (Å²) in [5, 5.41) is 12.1. The number of nitrogens with one attached hydrogen (secondary N) is 1. The molecule has 0 heterocycles. The highest BCUT2D eigenvalue weighted by atomic mass is 35.5. The van der Waals surface area contributed by atoms with Crippen molar-refractivity contribution in [3.63, 3.8) is 0 Å². The number of benzene rings is 1. The fourth-order valence-electron chi connectivity index (χ4n) is 1.43. The normalized spacial score (nSPS) is 14.6. The van der Waals surface area contributed by atoms with E-state index >= 15 is 0 Å².